The van der Waals surface area contributed by atoms with Crippen LogP contribution in [0.25, 0.3) is 0 Å². The van der Waals surface area contributed by atoms with E-state index in [4.69, 9.17) is 5.73 Å². The van der Waals surface area contributed by atoms with Gasteiger partial charge in [0.2, 0.25) is 0 Å². The Balaban J connectivity index is 3.33. The van der Waals surface area contributed by atoms with Crippen molar-refractivity contribution in [2.24, 2.45) is 11.7 Å². The quantitative estimate of drug-likeness (QED) is 0.516. The maximum Gasteiger partial charge on any atom is 0.0244 e. The number of hydrogen-bond acceptors (Lipinski definition) is 1. The van der Waals surface area contributed by atoms with E-state index in [0.29, 0.717) is 5.92 Å². The zero-order valence-corrected chi connectivity index (χ0v) is 5.02. The van der Waals surface area contributed by atoms with Crippen LogP contribution in [0.2, 0.25) is 0 Å². The summed E-state index contributed by atoms with van der Waals surface area (Å²) >= 11 is 0. The first-order valence-corrected chi connectivity index (χ1v) is 2.56. The first kappa shape index (κ1) is 6.70. The molecule has 0 bridgehead atoms. The molecule has 0 aliphatic heterocycles. The van der Waals surface area contributed by atoms with E-state index in [1.807, 2.05) is 0 Å². The Morgan fingerprint density at radius 3 is 2.00 bits per heavy atom. The summed E-state index contributed by atoms with van der Waals surface area (Å²) in [5.74, 6) is 0.525. The molecule has 2 N–H and O–H groups in total. The maximum absolute atomic E-state index is 5.50. The Hall–Kier alpha value is -0.300. The predicted octanol–water partition coefficient (Wildman–Crippen LogP) is 1.16. The monoisotopic (exact) mass is 99.1 g/mol. The highest BCUT2D eigenvalue weighted by molar-refractivity contribution is 4.84. The zero-order chi connectivity index (χ0) is 5.86. The van der Waals surface area contributed by atoms with E-state index in [1.54, 1.807) is 6.08 Å². The van der Waals surface area contributed by atoms with E-state index >= 15 is 0 Å². The highest BCUT2D eigenvalue weighted by Gasteiger charge is 1.98. The lowest BCUT2D eigenvalue weighted by Crippen LogP contribution is -2.22. The molecule has 1 heteroatoms. The summed E-state index contributed by atoms with van der Waals surface area (Å²) in [5.41, 5.74) is 5.50. The van der Waals surface area contributed by atoms with Gasteiger partial charge in [0.25, 0.3) is 0 Å². The Kier molecular flexibility index (Phi) is 2.68. The van der Waals surface area contributed by atoms with Crippen LogP contribution in [0.1, 0.15) is 13.8 Å². The van der Waals surface area contributed by atoms with Crippen LogP contribution in [0.5, 0.6) is 0 Å². The first-order chi connectivity index (χ1) is 3.18. The molecule has 0 amide bonds. The molecule has 0 fully saturated rings. The molecular formula is C6H13N. The number of hydrogen-bond donors (Lipinski definition) is 1. The van der Waals surface area contributed by atoms with Crippen LogP contribution < -0.4 is 5.73 Å². The molecule has 0 rings (SSSR count). The maximum atomic E-state index is 5.50. The summed E-state index contributed by atoms with van der Waals surface area (Å²) < 4.78 is 0. The second kappa shape index (κ2) is 2.80. The normalized spacial score (nSPS) is 14.3. The van der Waals surface area contributed by atoms with Crippen molar-refractivity contribution < 1.29 is 0 Å². The van der Waals surface area contributed by atoms with Crippen molar-refractivity contribution in [2.45, 2.75) is 19.9 Å². The average molecular weight is 99.2 g/mol. The van der Waals surface area contributed by atoms with Crippen LogP contribution in [0.3, 0.4) is 0 Å². The molecule has 0 saturated heterocycles. The van der Waals surface area contributed by atoms with Gasteiger partial charge in [-0.1, -0.05) is 19.9 Å². The fraction of sp³-hybridized carbons (Fsp3) is 0.667. The highest BCUT2D eigenvalue weighted by atomic mass is 14.6. The van der Waals surface area contributed by atoms with Gasteiger partial charge in [0.05, 0.1) is 0 Å². The van der Waals surface area contributed by atoms with Crippen molar-refractivity contribution in [3.63, 3.8) is 0 Å². The minimum atomic E-state index is 0.167. The molecule has 1 atom stereocenters. The highest BCUT2D eigenvalue weighted by Crippen LogP contribution is 1.96. The molecule has 0 aliphatic rings. The molecule has 42 valence electrons. The van der Waals surface area contributed by atoms with Crippen molar-refractivity contribution in [1.82, 2.24) is 0 Å². The van der Waals surface area contributed by atoms with Crippen LogP contribution in [0.15, 0.2) is 12.7 Å². The second-order valence-corrected chi connectivity index (χ2v) is 2.06. The molecule has 7 heavy (non-hydrogen) atoms. The Bertz CT molecular complexity index is 57.2. The molecule has 0 unspecified atom stereocenters. The summed E-state index contributed by atoms with van der Waals surface area (Å²) in [4.78, 5) is 0. The molecule has 0 saturated carbocycles. The van der Waals surface area contributed by atoms with E-state index in [0.717, 1.165) is 0 Å². The minimum absolute atomic E-state index is 0.167. The fourth-order valence-corrected chi connectivity index (χ4v) is 0.272. The average Bonchev–Trinajstić information content (AvgIpc) is 1.65. The van der Waals surface area contributed by atoms with Gasteiger partial charge in [0, 0.05) is 6.04 Å². The van der Waals surface area contributed by atoms with Crippen molar-refractivity contribution in [3.8, 4) is 0 Å². The summed E-state index contributed by atoms with van der Waals surface area (Å²) in [6, 6.07) is 0.167. The van der Waals surface area contributed by atoms with E-state index in [2.05, 4.69) is 20.4 Å². The predicted molar refractivity (Wildman–Crippen MR) is 33.0 cm³/mol. The van der Waals surface area contributed by atoms with Gasteiger partial charge in [-0.3, -0.25) is 0 Å². The van der Waals surface area contributed by atoms with Crippen LogP contribution >= 0.6 is 0 Å². The lowest BCUT2D eigenvalue weighted by atomic mass is 10.1. The van der Waals surface area contributed by atoms with E-state index < -0.39 is 0 Å². The van der Waals surface area contributed by atoms with Gasteiger partial charge < -0.3 is 5.73 Å². The van der Waals surface area contributed by atoms with E-state index in [-0.39, 0.29) is 6.04 Å². The molecule has 0 aromatic heterocycles. The van der Waals surface area contributed by atoms with Gasteiger partial charge in [-0.05, 0) is 5.92 Å². The number of nitrogens with two attached hydrogens (primary N) is 1. The summed E-state index contributed by atoms with van der Waals surface area (Å²) in [7, 11) is 0. The van der Waals surface area contributed by atoms with Gasteiger partial charge in [0.1, 0.15) is 0 Å². The third kappa shape index (κ3) is 2.40. The Morgan fingerprint density at radius 1 is 1.57 bits per heavy atom. The van der Waals surface area contributed by atoms with Crippen molar-refractivity contribution in [1.29, 1.82) is 0 Å². The second-order valence-electron chi connectivity index (χ2n) is 2.06. The topological polar surface area (TPSA) is 26.0 Å². The summed E-state index contributed by atoms with van der Waals surface area (Å²) in [6.45, 7) is 7.71. The first-order valence-electron chi connectivity index (χ1n) is 2.56. The van der Waals surface area contributed by atoms with E-state index in [9.17, 15) is 0 Å². The smallest absolute Gasteiger partial charge is 0.0244 e. The van der Waals surface area contributed by atoms with Gasteiger partial charge in [-0.2, -0.15) is 0 Å². The molecular weight excluding hydrogens is 86.1 g/mol. The minimum Gasteiger partial charge on any atom is -0.324 e. The van der Waals surface area contributed by atoms with Gasteiger partial charge in [0.15, 0.2) is 0 Å². The van der Waals surface area contributed by atoms with Crippen LogP contribution in [0.4, 0.5) is 0 Å². The van der Waals surface area contributed by atoms with Crippen molar-refractivity contribution in [2.75, 3.05) is 0 Å². The van der Waals surface area contributed by atoms with Gasteiger partial charge in [-0.25, -0.2) is 0 Å². The Morgan fingerprint density at radius 2 is 2.00 bits per heavy atom. The largest absolute Gasteiger partial charge is 0.324 e. The van der Waals surface area contributed by atoms with Gasteiger partial charge in [-0.15, -0.1) is 6.58 Å². The van der Waals surface area contributed by atoms with Crippen molar-refractivity contribution >= 4 is 0 Å². The summed E-state index contributed by atoms with van der Waals surface area (Å²) in [6.07, 6.45) is 1.77. The summed E-state index contributed by atoms with van der Waals surface area (Å²) in [5, 5.41) is 0. The molecule has 1 nitrogen and oxygen atoms in total. The molecule has 0 aliphatic carbocycles. The van der Waals surface area contributed by atoms with Crippen molar-refractivity contribution in [3.05, 3.63) is 12.7 Å². The van der Waals surface area contributed by atoms with Gasteiger partial charge >= 0.3 is 0 Å². The molecule has 0 radical (unpaired) electrons. The standard InChI is InChI=1S/C6H13N/c1-4-6(7)5(2)3/h4-6H,1,7H2,2-3H3/t6-/m0/s1. The third-order valence-electron chi connectivity index (χ3n) is 1.04. The number of rotatable bonds is 2. The third-order valence-corrected chi connectivity index (χ3v) is 1.04. The Labute approximate surface area is 45.2 Å². The lowest BCUT2D eigenvalue weighted by molar-refractivity contribution is 0.572. The molecule has 0 aromatic carbocycles. The lowest BCUT2D eigenvalue weighted by Gasteiger charge is -2.07. The van der Waals surface area contributed by atoms with E-state index in [1.165, 1.54) is 0 Å². The fourth-order valence-electron chi connectivity index (χ4n) is 0.272. The molecule has 0 spiro atoms. The SMILES string of the molecule is C=C[C@H](N)C(C)C. The van der Waals surface area contributed by atoms with Crippen LogP contribution in [-0.2, 0) is 0 Å². The van der Waals surface area contributed by atoms with Crippen LogP contribution in [-0.4, -0.2) is 6.04 Å². The zero-order valence-electron chi connectivity index (χ0n) is 5.02. The molecule has 0 heterocycles. The molecule has 0 aromatic rings. The van der Waals surface area contributed by atoms with Crippen LogP contribution in [0, 0.1) is 5.92 Å².